The van der Waals surface area contributed by atoms with Gasteiger partial charge in [0, 0.05) is 0 Å². The van der Waals surface area contributed by atoms with Gasteiger partial charge in [-0.05, 0) is 18.5 Å². The standard InChI is InChI=1S/C8H11F2N3O2S/c1-2-15-8(14)5-6(11)13-16-7(5)12-3-4(9)10/h4,12H,2-3H2,1H3,(H2,11,13). The number of hydrogen-bond acceptors (Lipinski definition) is 6. The maximum absolute atomic E-state index is 12.0. The number of rotatable bonds is 5. The van der Waals surface area contributed by atoms with Gasteiger partial charge in [0.2, 0.25) is 0 Å². The fraction of sp³-hybridized carbons (Fsp3) is 0.500. The van der Waals surface area contributed by atoms with Crippen molar-refractivity contribution >= 4 is 28.3 Å². The Labute approximate surface area is 94.8 Å². The maximum atomic E-state index is 12.0. The van der Waals surface area contributed by atoms with E-state index in [1.807, 2.05) is 0 Å². The third kappa shape index (κ3) is 3.02. The molecule has 5 nitrogen and oxygen atoms in total. The van der Waals surface area contributed by atoms with E-state index < -0.39 is 18.9 Å². The predicted octanol–water partition coefficient (Wildman–Crippen LogP) is 1.58. The molecule has 8 heteroatoms. The van der Waals surface area contributed by atoms with Crippen molar-refractivity contribution in [2.24, 2.45) is 0 Å². The number of nitrogens with two attached hydrogens (primary N) is 1. The molecule has 0 amide bonds. The van der Waals surface area contributed by atoms with Gasteiger partial charge in [-0.3, -0.25) is 0 Å². The van der Waals surface area contributed by atoms with Crippen LogP contribution in [0.25, 0.3) is 0 Å². The Morgan fingerprint density at radius 1 is 1.69 bits per heavy atom. The number of esters is 1. The lowest BCUT2D eigenvalue weighted by molar-refractivity contribution is 0.0528. The van der Waals surface area contributed by atoms with E-state index in [0.717, 1.165) is 11.5 Å². The van der Waals surface area contributed by atoms with Crippen molar-refractivity contribution in [2.75, 3.05) is 24.2 Å². The fourth-order valence-corrected chi connectivity index (χ4v) is 1.70. The molecule has 0 saturated heterocycles. The minimum Gasteiger partial charge on any atom is -0.462 e. The average Bonchev–Trinajstić information content (AvgIpc) is 2.57. The molecule has 1 aromatic rings. The molecule has 1 aromatic heterocycles. The molecular formula is C8H11F2N3O2S. The molecule has 0 atom stereocenters. The topological polar surface area (TPSA) is 77.2 Å². The van der Waals surface area contributed by atoms with Crippen molar-refractivity contribution in [3.63, 3.8) is 0 Å². The molecule has 0 aliphatic carbocycles. The van der Waals surface area contributed by atoms with Gasteiger partial charge in [0.25, 0.3) is 6.43 Å². The van der Waals surface area contributed by atoms with E-state index in [-0.39, 0.29) is 23.0 Å². The number of alkyl halides is 2. The molecule has 16 heavy (non-hydrogen) atoms. The highest BCUT2D eigenvalue weighted by Crippen LogP contribution is 2.27. The number of nitrogens with zero attached hydrogens (tertiary/aromatic N) is 1. The van der Waals surface area contributed by atoms with Crippen LogP contribution in [-0.4, -0.2) is 29.9 Å². The van der Waals surface area contributed by atoms with Crippen molar-refractivity contribution in [2.45, 2.75) is 13.3 Å². The van der Waals surface area contributed by atoms with Gasteiger partial charge in [0.05, 0.1) is 13.2 Å². The van der Waals surface area contributed by atoms with Crippen LogP contribution in [0.15, 0.2) is 0 Å². The molecule has 0 aliphatic rings. The third-order valence-corrected chi connectivity index (χ3v) is 2.43. The molecule has 90 valence electrons. The summed E-state index contributed by atoms with van der Waals surface area (Å²) < 4.78 is 32.4. The number of aromatic nitrogens is 1. The summed E-state index contributed by atoms with van der Waals surface area (Å²) in [6, 6.07) is 0. The normalized spacial score (nSPS) is 10.5. The quantitative estimate of drug-likeness (QED) is 0.777. The smallest absolute Gasteiger partial charge is 0.344 e. The summed E-state index contributed by atoms with van der Waals surface area (Å²) >= 11 is 0.852. The molecule has 0 radical (unpaired) electrons. The Balaban J connectivity index is 2.81. The summed E-state index contributed by atoms with van der Waals surface area (Å²) in [6.45, 7) is 1.26. The lowest BCUT2D eigenvalue weighted by Gasteiger charge is -2.05. The minimum atomic E-state index is -2.52. The lowest BCUT2D eigenvalue weighted by atomic mass is 10.3. The van der Waals surface area contributed by atoms with E-state index in [1.165, 1.54) is 0 Å². The zero-order valence-corrected chi connectivity index (χ0v) is 9.31. The first-order valence-corrected chi connectivity index (χ1v) is 5.27. The molecule has 0 spiro atoms. The van der Waals surface area contributed by atoms with E-state index in [2.05, 4.69) is 9.69 Å². The van der Waals surface area contributed by atoms with Crippen LogP contribution in [0.1, 0.15) is 17.3 Å². The minimum absolute atomic E-state index is 0.0137. The summed E-state index contributed by atoms with van der Waals surface area (Å²) in [6.07, 6.45) is -2.52. The number of carbonyl (C=O) groups is 1. The van der Waals surface area contributed by atoms with Gasteiger partial charge in [-0.15, -0.1) is 0 Å². The van der Waals surface area contributed by atoms with Crippen LogP contribution < -0.4 is 11.1 Å². The summed E-state index contributed by atoms with van der Waals surface area (Å²) in [5, 5.41) is 2.60. The second kappa shape index (κ2) is 5.59. The number of ether oxygens (including phenoxy) is 1. The molecule has 1 rings (SSSR count). The van der Waals surface area contributed by atoms with Gasteiger partial charge < -0.3 is 15.8 Å². The summed E-state index contributed by atoms with van der Waals surface area (Å²) in [5.41, 5.74) is 5.47. The van der Waals surface area contributed by atoms with E-state index in [0.29, 0.717) is 0 Å². The summed E-state index contributed by atoms with van der Waals surface area (Å²) in [5.74, 6) is -0.675. The number of nitrogen functional groups attached to an aromatic ring is 1. The highest BCUT2D eigenvalue weighted by molar-refractivity contribution is 7.11. The number of carbonyl (C=O) groups excluding carboxylic acids is 1. The van der Waals surface area contributed by atoms with Crippen LogP contribution in [0.5, 0.6) is 0 Å². The van der Waals surface area contributed by atoms with Crippen molar-refractivity contribution in [3.8, 4) is 0 Å². The molecular weight excluding hydrogens is 240 g/mol. The van der Waals surface area contributed by atoms with Gasteiger partial charge in [0.15, 0.2) is 5.82 Å². The van der Waals surface area contributed by atoms with Gasteiger partial charge in [-0.25, -0.2) is 13.6 Å². The van der Waals surface area contributed by atoms with Gasteiger partial charge in [-0.1, -0.05) is 0 Å². The fourth-order valence-electron chi connectivity index (χ4n) is 0.993. The van der Waals surface area contributed by atoms with Gasteiger partial charge in [-0.2, -0.15) is 4.37 Å². The largest absolute Gasteiger partial charge is 0.462 e. The molecule has 0 fully saturated rings. The first kappa shape index (κ1) is 12.6. The lowest BCUT2D eigenvalue weighted by Crippen LogP contribution is -2.13. The van der Waals surface area contributed by atoms with E-state index in [4.69, 9.17) is 10.5 Å². The van der Waals surface area contributed by atoms with E-state index in [9.17, 15) is 13.6 Å². The zero-order chi connectivity index (χ0) is 12.1. The first-order valence-electron chi connectivity index (χ1n) is 4.50. The zero-order valence-electron chi connectivity index (χ0n) is 8.50. The molecule has 1 heterocycles. The second-order valence-electron chi connectivity index (χ2n) is 2.76. The number of hydrogen-bond donors (Lipinski definition) is 2. The van der Waals surface area contributed by atoms with Crippen LogP contribution in [0.3, 0.4) is 0 Å². The first-order chi connectivity index (χ1) is 7.56. The number of halogens is 2. The molecule has 0 aromatic carbocycles. The van der Waals surface area contributed by atoms with Crippen LogP contribution >= 0.6 is 11.5 Å². The molecule has 0 aliphatic heterocycles. The highest BCUT2D eigenvalue weighted by atomic mass is 32.1. The van der Waals surface area contributed by atoms with Crippen LogP contribution in [-0.2, 0) is 4.74 Å². The molecule has 0 saturated carbocycles. The SMILES string of the molecule is CCOC(=O)c1c(N)nsc1NCC(F)F. The van der Waals surface area contributed by atoms with Crippen LogP contribution in [0.4, 0.5) is 19.6 Å². The van der Waals surface area contributed by atoms with Crippen molar-refractivity contribution < 1.29 is 18.3 Å². The Hall–Kier alpha value is -1.44. The van der Waals surface area contributed by atoms with E-state index in [1.54, 1.807) is 6.92 Å². The second-order valence-corrected chi connectivity index (χ2v) is 3.54. The van der Waals surface area contributed by atoms with Crippen LogP contribution in [0, 0.1) is 0 Å². The summed E-state index contributed by atoms with van der Waals surface area (Å²) in [7, 11) is 0. The average molecular weight is 251 g/mol. The summed E-state index contributed by atoms with van der Waals surface area (Å²) in [4.78, 5) is 11.4. The maximum Gasteiger partial charge on any atom is 0.344 e. The monoisotopic (exact) mass is 251 g/mol. The Kier molecular flexibility index (Phi) is 4.41. The van der Waals surface area contributed by atoms with Crippen molar-refractivity contribution in [3.05, 3.63) is 5.56 Å². The van der Waals surface area contributed by atoms with E-state index >= 15 is 0 Å². The highest BCUT2D eigenvalue weighted by Gasteiger charge is 2.20. The Bertz CT molecular complexity index is 370. The van der Waals surface area contributed by atoms with Crippen molar-refractivity contribution in [1.29, 1.82) is 0 Å². The number of anilines is 2. The predicted molar refractivity (Wildman–Crippen MR) is 57.0 cm³/mol. The van der Waals surface area contributed by atoms with Gasteiger partial charge in [0.1, 0.15) is 10.6 Å². The Morgan fingerprint density at radius 2 is 2.38 bits per heavy atom. The van der Waals surface area contributed by atoms with Gasteiger partial charge >= 0.3 is 5.97 Å². The molecule has 0 bridgehead atoms. The Morgan fingerprint density at radius 3 is 2.94 bits per heavy atom. The number of nitrogens with one attached hydrogen (secondary N) is 1. The van der Waals surface area contributed by atoms with Crippen molar-refractivity contribution in [1.82, 2.24) is 4.37 Å². The molecule has 3 N–H and O–H groups in total. The third-order valence-electron chi connectivity index (χ3n) is 1.61. The molecule has 0 unspecified atom stereocenters. The van der Waals surface area contributed by atoms with Crippen LogP contribution in [0.2, 0.25) is 0 Å².